The Morgan fingerprint density at radius 3 is 2.32 bits per heavy atom. The predicted molar refractivity (Wildman–Crippen MR) is 78.1 cm³/mol. The Labute approximate surface area is 115 Å². The van der Waals surface area contributed by atoms with Crippen molar-refractivity contribution in [1.82, 2.24) is 5.32 Å². The Morgan fingerprint density at radius 2 is 1.84 bits per heavy atom. The van der Waals surface area contributed by atoms with E-state index in [9.17, 15) is 9.90 Å². The molecule has 0 spiro atoms. The Kier molecular flexibility index (Phi) is 5.99. The van der Waals surface area contributed by atoms with E-state index in [2.05, 4.69) is 24.5 Å². The molecule has 0 aliphatic carbocycles. The molecule has 0 fully saturated rings. The van der Waals surface area contributed by atoms with Crippen LogP contribution in [0.4, 0.5) is 5.69 Å². The molecule has 19 heavy (non-hydrogen) atoms. The summed E-state index contributed by atoms with van der Waals surface area (Å²) in [7, 11) is 0. The molecule has 0 bridgehead atoms. The molecule has 1 aromatic rings. The second kappa shape index (κ2) is 7.26. The van der Waals surface area contributed by atoms with E-state index in [-0.39, 0.29) is 11.9 Å². The number of carbonyl (C=O) groups excluding carboxylic acids is 1. The third-order valence-corrected chi connectivity index (χ3v) is 3.21. The van der Waals surface area contributed by atoms with Crippen LogP contribution < -0.4 is 10.6 Å². The van der Waals surface area contributed by atoms with Crippen molar-refractivity contribution in [3.63, 3.8) is 0 Å². The van der Waals surface area contributed by atoms with Crippen LogP contribution in [0.2, 0.25) is 0 Å². The standard InChI is InChI=1S/C15H24N2O2/c1-5-10(2)16-11(3)15(19)13-6-8-14(9-7-13)17-12(4)18/h6-11,15-16,19H,5H2,1-4H3,(H,17,18). The van der Waals surface area contributed by atoms with Crippen LogP contribution in [0.25, 0.3) is 0 Å². The van der Waals surface area contributed by atoms with Crippen molar-refractivity contribution in [2.75, 3.05) is 5.32 Å². The lowest BCUT2D eigenvalue weighted by atomic mass is 10.0. The van der Waals surface area contributed by atoms with Gasteiger partial charge in [-0.3, -0.25) is 4.79 Å². The molecule has 0 aliphatic rings. The first-order valence-electron chi connectivity index (χ1n) is 6.75. The average molecular weight is 264 g/mol. The highest BCUT2D eigenvalue weighted by atomic mass is 16.3. The highest BCUT2D eigenvalue weighted by Gasteiger charge is 2.17. The summed E-state index contributed by atoms with van der Waals surface area (Å²) in [5.41, 5.74) is 1.59. The molecule has 4 heteroatoms. The first kappa shape index (κ1) is 15.7. The van der Waals surface area contributed by atoms with Gasteiger partial charge in [0, 0.05) is 24.7 Å². The average Bonchev–Trinajstić information content (AvgIpc) is 2.37. The summed E-state index contributed by atoms with van der Waals surface area (Å²) in [5, 5.41) is 16.3. The summed E-state index contributed by atoms with van der Waals surface area (Å²) >= 11 is 0. The lowest BCUT2D eigenvalue weighted by Gasteiger charge is -2.24. The Morgan fingerprint density at radius 1 is 1.26 bits per heavy atom. The molecular weight excluding hydrogens is 240 g/mol. The van der Waals surface area contributed by atoms with Crippen molar-refractivity contribution >= 4 is 11.6 Å². The minimum atomic E-state index is -0.555. The van der Waals surface area contributed by atoms with Crippen LogP contribution in [0.5, 0.6) is 0 Å². The molecule has 4 nitrogen and oxygen atoms in total. The van der Waals surface area contributed by atoms with Gasteiger partial charge in [0.2, 0.25) is 5.91 Å². The number of hydrogen-bond acceptors (Lipinski definition) is 3. The Balaban J connectivity index is 2.66. The van der Waals surface area contributed by atoms with Gasteiger partial charge in [-0.2, -0.15) is 0 Å². The van der Waals surface area contributed by atoms with Crippen LogP contribution in [0.3, 0.4) is 0 Å². The Hall–Kier alpha value is -1.39. The van der Waals surface area contributed by atoms with E-state index in [0.717, 1.165) is 17.7 Å². The van der Waals surface area contributed by atoms with Gasteiger partial charge in [-0.15, -0.1) is 0 Å². The minimum absolute atomic E-state index is 0.0124. The lowest BCUT2D eigenvalue weighted by Crippen LogP contribution is -2.38. The van der Waals surface area contributed by atoms with E-state index < -0.39 is 6.10 Å². The van der Waals surface area contributed by atoms with Crippen LogP contribution in [0, 0.1) is 0 Å². The van der Waals surface area contributed by atoms with Gasteiger partial charge in [-0.25, -0.2) is 0 Å². The first-order valence-corrected chi connectivity index (χ1v) is 6.75. The number of hydrogen-bond donors (Lipinski definition) is 3. The third kappa shape index (κ3) is 5.01. The quantitative estimate of drug-likeness (QED) is 0.739. The molecule has 3 unspecified atom stereocenters. The van der Waals surface area contributed by atoms with E-state index in [1.165, 1.54) is 6.92 Å². The highest BCUT2D eigenvalue weighted by Crippen LogP contribution is 2.19. The molecule has 0 saturated carbocycles. The van der Waals surface area contributed by atoms with Crippen LogP contribution >= 0.6 is 0 Å². The van der Waals surface area contributed by atoms with Gasteiger partial charge in [0.15, 0.2) is 0 Å². The number of anilines is 1. The highest BCUT2D eigenvalue weighted by molar-refractivity contribution is 5.88. The molecule has 0 heterocycles. The zero-order valence-electron chi connectivity index (χ0n) is 12.1. The molecule has 106 valence electrons. The van der Waals surface area contributed by atoms with Crippen molar-refractivity contribution in [2.45, 2.75) is 52.3 Å². The zero-order chi connectivity index (χ0) is 14.4. The van der Waals surface area contributed by atoms with E-state index in [4.69, 9.17) is 0 Å². The summed E-state index contributed by atoms with van der Waals surface area (Å²) in [6.45, 7) is 7.65. The molecule has 1 amide bonds. The molecular formula is C15H24N2O2. The topological polar surface area (TPSA) is 61.4 Å². The van der Waals surface area contributed by atoms with Crippen LogP contribution in [0.1, 0.15) is 45.8 Å². The SMILES string of the molecule is CCC(C)NC(C)C(O)c1ccc(NC(C)=O)cc1. The fourth-order valence-electron chi connectivity index (χ4n) is 1.91. The number of nitrogens with one attached hydrogen (secondary N) is 2. The van der Waals surface area contributed by atoms with E-state index in [1.807, 2.05) is 19.1 Å². The molecule has 0 aromatic heterocycles. The van der Waals surface area contributed by atoms with E-state index in [0.29, 0.717) is 6.04 Å². The molecule has 1 aromatic carbocycles. The van der Waals surface area contributed by atoms with Gasteiger partial charge in [0.25, 0.3) is 0 Å². The maximum absolute atomic E-state index is 10.9. The molecule has 0 saturated heterocycles. The van der Waals surface area contributed by atoms with E-state index in [1.54, 1.807) is 12.1 Å². The summed E-state index contributed by atoms with van der Waals surface area (Å²) in [6, 6.07) is 7.64. The first-order chi connectivity index (χ1) is 8.93. The minimum Gasteiger partial charge on any atom is -0.387 e. The predicted octanol–water partition coefficient (Wildman–Crippen LogP) is 2.46. The summed E-state index contributed by atoms with van der Waals surface area (Å²) in [5.74, 6) is -0.0971. The van der Waals surface area contributed by atoms with Gasteiger partial charge in [0.1, 0.15) is 0 Å². The molecule has 3 N–H and O–H groups in total. The summed E-state index contributed by atoms with van der Waals surface area (Å²) in [4.78, 5) is 10.9. The number of benzene rings is 1. The molecule has 0 radical (unpaired) electrons. The maximum Gasteiger partial charge on any atom is 0.221 e. The fourth-order valence-corrected chi connectivity index (χ4v) is 1.91. The second-order valence-corrected chi connectivity index (χ2v) is 5.01. The molecule has 1 rings (SSSR count). The van der Waals surface area contributed by atoms with Crippen molar-refractivity contribution in [1.29, 1.82) is 0 Å². The maximum atomic E-state index is 10.9. The number of aliphatic hydroxyl groups excluding tert-OH is 1. The van der Waals surface area contributed by atoms with Crippen molar-refractivity contribution in [3.05, 3.63) is 29.8 Å². The third-order valence-electron chi connectivity index (χ3n) is 3.21. The Bertz CT molecular complexity index is 403. The normalized spacial score (nSPS) is 15.6. The van der Waals surface area contributed by atoms with Gasteiger partial charge in [-0.05, 0) is 38.0 Å². The largest absolute Gasteiger partial charge is 0.387 e. The van der Waals surface area contributed by atoms with Gasteiger partial charge < -0.3 is 15.7 Å². The van der Waals surface area contributed by atoms with Crippen molar-refractivity contribution in [2.24, 2.45) is 0 Å². The van der Waals surface area contributed by atoms with Crippen molar-refractivity contribution in [3.8, 4) is 0 Å². The molecule has 3 atom stereocenters. The lowest BCUT2D eigenvalue weighted by molar-refractivity contribution is -0.114. The van der Waals surface area contributed by atoms with Gasteiger partial charge in [-0.1, -0.05) is 19.1 Å². The van der Waals surface area contributed by atoms with Crippen LogP contribution in [-0.2, 0) is 4.79 Å². The van der Waals surface area contributed by atoms with Crippen LogP contribution in [0.15, 0.2) is 24.3 Å². The zero-order valence-corrected chi connectivity index (χ0v) is 12.1. The second-order valence-electron chi connectivity index (χ2n) is 5.01. The number of carbonyl (C=O) groups is 1. The fraction of sp³-hybridized carbons (Fsp3) is 0.533. The number of amides is 1. The van der Waals surface area contributed by atoms with Crippen LogP contribution in [-0.4, -0.2) is 23.1 Å². The van der Waals surface area contributed by atoms with Gasteiger partial charge in [0.05, 0.1) is 6.10 Å². The number of rotatable bonds is 6. The van der Waals surface area contributed by atoms with Gasteiger partial charge >= 0.3 is 0 Å². The van der Waals surface area contributed by atoms with Crippen molar-refractivity contribution < 1.29 is 9.90 Å². The van der Waals surface area contributed by atoms with E-state index >= 15 is 0 Å². The molecule has 0 aliphatic heterocycles. The number of aliphatic hydroxyl groups is 1. The summed E-state index contributed by atoms with van der Waals surface area (Å²) in [6.07, 6.45) is 0.471. The summed E-state index contributed by atoms with van der Waals surface area (Å²) < 4.78 is 0. The monoisotopic (exact) mass is 264 g/mol. The smallest absolute Gasteiger partial charge is 0.221 e.